The number of rotatable bonds is 6. The van der Waals surface area contributed by atoms with Crippen molar-refractivity contribution in [3.8, 4) is 0 Å². The van der Waals surface area contributed by atoms with Crippen LogP contribution in [0.15, 0.2) is 0 Å². The Hall–Kier alpha value is -1.10. The number of hydrogen-bond donors (Lipinski definition) is 2. The zero-order valence-electron chi connectivity index (χ0n) is 11.6. The van der Waals surface area contributed by atoms with Gasteiger partial charge in [0, 0.05) is 38.6 Å². The fourth-order valence-corrected chi connectivity index (χ4v) is 2.75. The Morgan fingerprint density at radius 1 is 1.42 bits per heavy atom. The van der Waals surface area contributed by atoms with E-state index in [0.717, 1.165) is 32.4 Å². The summed E-state index contributed by atoms with van der Waals surface area (Å²) in [7, 11) is 0. The first-order valence-corrected chi connectivity index (χ1v) is 7.28. The molecular formula is C14H24N2O3. The normalized spacial score (nSPS) is 29.4. The molecule has 108 valence electrons. The van der Waals surface area contributed by atoms with Gasteiger partial charge in [0.2, 0.25) is 11.8 Å². The maximum atomic E-state index is 11.9. The van der Waals surface area contributed by atoms with Crippen molar-refractivity contribution in [3.05, 3.63) is 0 Å². The van der Waals surface area contributed by atoms with Crippen LogP contribution in [0, 0.1) is 17.8 Å². The Bertz CT molecular complexity index is 346. The molecule has 0 aromatic carbocycles. The van der Waals surface area contributed by atoms with Crippen molar-refractivity contribution in [2.45, 2.75) is 32.6 Å². The lowest BCUT2D eigenvalue weighted by molar-refractivity contribution is -0.130. The van der Waals surface area contributed by atoms with Crippen LogP contribution in [0.1, 0.15) is 32.6 Å². The molecule has 0 bridgehead atoms. The largest absolute Gasteiger partial charge is 0.396 e. The monoisotopic (exact) mass is 268 g/mol. The van der Waals surface area contributed by atoms with E-state index in [0.29, 0.717) is 24.8 Å². The average molecular weight is 268 g/mol. The van der Waals surface area contributed by atoms with Gasteiger partial charge in [0.1, 0.15) is 0 Å². The van der Waals surface area contributed by atoms with Gasteiger partial charge in [0.15, 0.2) is 0 Å². The standard InChI is InChI=1S/C14H24N2O3/c1-10-8-12(10)14(19)15-5-2-13(18)16-6-3-11(9-16)4-7-17/h10-12,17H,2-9H2,1H3,(H,15,19). The highest BCUT2D eigenvalue weighted by Crippen LogP contribution is 2.37. The first-order chi connectivity index (χ1) is 9.11. The maximum Gasteiger partial charge on any atom is 0.224 e. The van der Waals surface area contributed by atoms with Crippen LogP contribution in [-0.2, 0) is 9.59 Å². The summed E-state index contributed by atoms with van der Waals surface area (Å²) in [6, 6.07) is 0. The lowest BCUT2D eigenvalue weighted by Crippen LogP contribution is -2.33. The van der Waals surface area contributed by atoms with E-state index in [1.807, 2.05) is 4.90 Å². The second kappa shape index (κ2) is 6.37. The van der Waals surface area contributed by atoms with Crippen molar-refractivity contribution < 1.29 is 14.7 Å². The number of carbonyl (C=O) groups is 2. The number of nitrogens with one attached hydrogen (secondary N) is 1. The molecule has 1 saturated carbocycles. The predicted molar refractivity (Wildman–Crippen MR) is 71.3 cm³/mol. The summed E-state index contributed by atoms with van der Waals surface area (Å²) in [5.41, 5.74) is 0. The topological polar surface area (TPSA) is 69.6 Å². The number of amides is 2. The molecule has 2 N–H and O–H groups in total. The lowest BCUT2D eigenvalue weighted by Gasteiger charge is -2.16. The minimum atomic E-state index is 0.0971. The Morgan fingerprint density at radius 3 is 2.79 bits per heavy atom. The summed E-state index contributed by atoms with van der Waals surface area (Å²) >= 11 is 0. The van der Waals surface area contributed by atoms with E-state index in [4.69, 9.17) is 5.11 Å². The van der Waals surface area contributed by atoms with Gasteiger partial charge in [0.25, 0.3) is 0 Å². The number of aliphatic hydroxyl groups excluding tert-OH is 1. The molecular weight excluding hydrogens is 244 g/mol. The van der Waals surface area contributed by atoms with Gasteiger partial charge in [0.05, 0.1) is 0 Å². The van der Waals surface area contributed by atoms with Gasteiger partial charge in [-0.3, -0.25) is 9.59 Å². The molecule has 1 heterocycles. The van der Waals surface area contributed by atoms with Gasteiger partial charge in [-0.25, -0.2) is 0 Å². The van der Waals surface area contributed by atoms with Crippen LogP contribution >= 0.6 is 0 Å². The van der Waals surface area contributed by atoms with Gasteiger partial charge in [-0.05, 0) is 31.1 Å². The zero-order valence-corrected chi connectivity index (χ0v) is 11.6. The lowest BCUT2D eigenvalue weighted by atomic mass is 10.1. The SMILES string of the molecule is CC1CC1C(=O)NCCC(=O)N1CCC(CCO)C1. The van der Waals surface area contributed by atoms with E-state index in [9.17, 15) is 9.59 Å². The summed E-state index contributed by atoms with van der Waals surface area (Å²) in [6.07, 6.45) is 3.13. The molecule has 2 fully saturated rings. The van der Waals surface area contributed by atoms with Crippen molar-refractivity contribution in [3.63, 3.8) is 0 Å². The molecule has 1 aliphatic heterocycles. The van der Waals surface area contributed by atoms with E-state index in [1.54, 1.807) is 0 Å². The quantitative estimate of drug-likeness (QED) is 0.731. The second-order valence-corrected chi connectivity index (χ2v) is 5.87. The van der Waals surface area contributed by atoms with E-state index >= 15 is 0 Å². The molecule has 2 rings (SSSR count). The minimum absolute atomic E-state index is 0.0971. The third-order valence-corrected chi connectivity index (χ3v) is 4.26. The van der Waals surface area contributed by atoms with Crippen LogP contribution in [0.3, 0.4) is 0 Å². The molecule has 5 heteroatoms. The van der Waals surface area contributed by atoms with Crippen LogP contribution in [0.5, 0.6) is 0 Å². The highest BCUT2D eigenvalue weighted by atomic mass is 16.3. The maximum absolute atomic E-state index is 11.9. The van der Waals surface area contributed by atoms with Gasteiger partial charge in [-0.15, -0.1) is 0 Å². The van der Waals surface area contributed by atoms with Crippen molar-refractivity contribution in [2.75, 3.05) is 26.2 Å². The predicted octanol–water partition coefficient (Wildman–Crippen LogP) is 0.380. The van der Waals surface area contributed by atoms with Crippen molar-refractivity contribution in [2.24, 2.45) is 17.8 Å². The highest BCUT2D eigenvalue weighted by Gasteiger charge is 2.38. The first-order valence-electron chi connectivity index (χ1n) is 7.28. The Kier molecular flexibility index (Phi) is 4.80. The highest BCUT2D eigenvalue weighted by molar-refractivity contribution is 5.82. The molecule has 0 radical (unpaired) electrons. The Balaban J connectivity index is 1.61. The molecule has 0 aromatic heterocycles. The van der Waals surface area contributed by atoms with Crippen LogP contribution in [0.25, 0.3) is 0 Å². The number of aliphatic hydroxyl groups is 1. The van der Waals surface area contributed by atoms with Crippen LogP contribution in [0.4, 0.5) is 0 Å². The summed E-state index contributed by atoms with van der Waals surface area (Å²) in [6.45, 7) is 4.26. The van der Waals surface area contributed by atoms with Gasteiger partial charge >= 0.3 is 0 Å². The van der Waals surface area contributed by atoms with E-state index < -0.39 is 0 Å². The third kappa shape index (κ3) is 3.93. The minimum Gasteiger partial charge on any atom is -0.396 e. The van der Waals surface area contributed by atoms with E-state index in [2.05, 4.69) is 12.2 Å². The Labute approximate surface area is 114 Å². The summed E-state index contributed by atoms with van der Waals surface area (Å²) in [4.78, 5) is 25.4. The zero-order chi connectivity index (χ0) is 13.8. The van der Waals surface area contributed by atoms with Crippen LogP contribution in [-0.4, -0.2) is 48.1 Å². The number of likely N-dealkylation sites (tertiary alicyclic amines) is 1. The molecule has 19 heavy (non-hydrogen) atoms. The van der Waals surface area contributed by atoms with Gasteiger partial charge < -0.3 is 15.3 Å². The Morgan fingerprint density at radius 2 is 2.16 bits per heavy atom. The molecule has 3 atom stereocenters. The summed E-state index contributed by atoms with van der Waals surface area (Å²) < 4.78 is 0. The van der Waals surface area contributed by atoms with Crippen molar-refractivity contribution in [1.82, 2.24) is 10.2 Å². The molecule has 5 nitrogen and oxygen atoms in total. The van der Waals surface area contributed by atoms with Gasteiger partial charge in [-0.1, -0.05) is 6.92 Å². The molecule has 1 aliphatic carbocycles. The smallest absolute Gasteiger partial charge is 0.224 e. The molecule has 3 unspecified atom stereocenters. The molecule has 0 spiro atoms. The van der Waals surface area contributed by atoms with Crippen LogP contribution in [0.2, 0.25) is 0 Å². The van der Waals surface area contributed by atoms with Crippen molar-refractivity contribution >= 4 is 11.8 Å². The third-order valence-electron chi connectivity index (χ3n) is 4.26. The number of carbonyl (C=O) groups excluding carboxylic acids is 2. The fourth-order valence-electron chi connectivity index (χ4n) is 2.75. The first kappa shape index (κ1) is 14.3. The second-order valence-electron chi connectivity index (χ2n) is 5.87. The molecule has 0 aromatic rings. The van der Waals surface area contributed by atoms with E-state index in [1.165, 1.54) is 0 Å². The number of nitrogens with zero attached hydrogens (tertiary/aromatic N) is 1. The van der Waals surface area contributed by atoms with Gasteiger partial charge in [-0.2, -0.15) is 0 Å². The van der Waals surface area contributed by atoms with Crippen molar-refractivity contribution in [1.29, 1.82) is 0 Å². The average Bonchev–Trinajstić information content (AvgIpc) is 2.92. The summed E-state index contributed by atoms with van der Waals surface area (Å²) in [5, 5.41) is 11.7. The fraction of sp³-hybridized carbons (Fsp3) is 0.857. The summed E-state index contributed by atoms with van der Waals surface area (Å²) in [5.74, 6) is 1.34. The molecule has 1 saturated heterocycles. The number of hydrogen-bond acceptors (Lipinski definition) is 3. The van der Waals surface area contributed by atoms with Crippen LogP contribution < -0.4 is 5.32 Å². The van der Waals surface area contributed by atoms with E-state index in [-0.39, 0.29) is 24.3 Å². The molecule has 2 aliphatic rings. The molecule has 2 amide bonds.